The minimum absolute atomic E-state index is 0.171. The molecule has 0 spiro atoms. The van der Waals surface area contributed by atoms with Gasteiger partial charge in [-0.1, -0.05) is 20.8 Å². The standard InChI is InChI=1S/C10H18N2O/c1-7(2)9(4)6-12-10(13)8(3)5-11/h7-9H,6H2,1-4H3,(H,12,13). The molecule has 0 saturated heterocycles. The lowest BCUT2D eigenvalue weighted by atomic mass is 9.98. The van der Waals surface area contributed by atoms with E-state index >= 15 is 0 Å². The van der Waals surface area contributed by atoms with Gasteiger partial charge in [0.2, 0.25) is 5.91 Å². The molecule has 2 unspecified atom stereocenters. The third-order valence-electron chi connectivity index (χ3n) is 2.32. The van der Waals surface area contributed by atoms with Gasteiger partial charge < -0.3 is 5.32 Å². The average Bonchev–Trinajstić information content (AvgIpc) is 2.11. The first kappa shape index (κ1) is 12.0. The van der Waals surface area contributed by atoms with E-state index < -0.39 is 5.92 Å². The molecule has 0 rings (SSSR count). The molecule has 0 radical (unpaired) electrons. The first-order valence-corrected chi connectivity index (χ1v) is 4.66. The Balaban J connectivity index is 3.78. The minimum Gasteiger partial charge on any atom is -0.355 e. The molecule has 1 N–H and O–H groups in total. The van der Waals surface area contributed by atoms with Gasteiger partial charge in [-0.15, -0.1) is 0 Å². The maximum atomic E-state index is 11.2. The number of nitrogens with zero attached hydrogens (tertiary/aromatic N) is 1. The summed E-state index contributed by atoms with van der Waals surface area (Å²) in [6.45, 7) is 8.58. The van der Waals surface area contributed by atoms with Crippen molar-refractivity contribution in [3.05, 3.63) is 0 Å². The summed E-state index contributed by atoms with van der Waals surface area (Å²) < 4.78 is 0. The lowest BCUT2D eigenvalue weighted by Crippen LogP contribution is -2.33. The number of hydrogen-bond donors (Lipinski definition) is 1. The van der Waals surface area contributed by atoms with Gasteiger partial charge in [-0.25, -0.2) is 0 Å². The van der Waals surface area contributed by atoms with Crippen LogP contribution in [0.15, 0.2) is 0 Å². The lowest BCUT2D eigenvalue weighted by Gasteiger charge is -2.16. The van der Waals surface area contributed by atoms with Gasteiger partial charge in [0.15, 0.2) is 0 Å². The molecule has 0 fully saturated rings. The van der Waals surface area contributed by atoms with E-state index in [-0.39, 0.29) is 5.91 Å². The van der Waals surface area contributed by atoms with Gasteiger partial charge in [0.1, 0.15) is 5.92 Å². The second-order valence-corrected chi connectivity index (χ2v) is 3.82. The molecule has 0 aromatic heterocycles. The van der Waals surface area contributed by atoms with Gasteiger partial charge in [-0.2, -0.15) is 5.26 Å². The highest BCUT2D eigenvalue weighted by atomic mass is 16.1. The van der Waals surface area contributed by atoms with Crippen LogP contribution in [0.4, 0.5) is 0 Å². The van der Waals surface area contributed by atoms with Crippen LogP contribution in [0.2, 0.25) is 0 Å². The van der Waals surface area contributed by atoms with Gasteiger partial charge in [0.25, 0.3) is 0 Å². The summed E-state index contributed by atoms with van der Waals surface area (Å²) >= 11 is 0. The fraction of sp³-hybridized carbons (Fsp3) is 0.800. The highest BCUT2D eigenvalue weighted by Gasteiger charge is 2.13. The van der Waals surface area contributed by atoms with E-state index in [0.717, 1.165) is 0 Å². The number of amides is 1. The van der Waals surface area contributed by atoms with Crippen molar-refractivity contribution in [2.45, 2.75) is 27.7 Å². The second kappa shape index (κ2) is 5.58. The summed E-state index contributed by atoms with van der Waals surface area (Å²) in [6.07, 6.45) is 0. The number of nitrogens with one attached hydrogen (secondary N) is 1. The Bertz CT molecular complexity index is 205. The monoisotopic (exact) mass is 182 g/mol. The molecule has 74 valence electrons. The van der Waals surface area contributed by atoms with E-state index in [2.05, 4.69) is 26.1 Å². The summed E-state index contributed by atoms with van der Waals surface area (Å²) in [6, 6.07) is 1.91. The third kappa shape index (κ3) is 4.51. The zero-order valence-corrected chi connectivity index (χ0v) is 8.79. The van der Waals surface area contributed by atoms with Crippen LogP contribution in [-0.4, -0.2) is 12.5 Å². The largest absolute Gasteiger partial charge is 0.355 e. The number of nitriles is 1. The molecule has 0 heterocycles. The Morgan fingerprint density at radius 2 is 1.92 bits per heavy atom. The number of carbonyl (C=O) groups is 1. The van der Waals surface area contributed by atoms with E-state index in [1.807, 2.05) is 6.07 Å². The zero-order chi connectivity index (χ0) is 10.4. The van der Waals surface area contributed by atoms with Gasteiger partial charge in [-0.3, -0.25) is 4.79 Å². The molecule has 3 heteroatoms. The molecule has 2 atom stereocenters. The molecule has 1 amide bonds. The van der Waals surface area contributed by atoms with Crippen molar-refractivity contribution in [1.82, 2.24) is 5.32 Å². The Kier molecular flexibility index (Phi) is 5.13. The fourth-order valence-corrected chi connectivity index (χ4v) is 0.709. The summed E-state index contributed by atoms with van der Waals surface area (Å²) in [5.41, 5.74) is 0. The minimum atomic E-state index is -0.542. The van der Waals surface area contributed by atoms with Crippen molar-refractivity contribution < 1.29 is 4.79 Å². The molecular formula is C10H18N2O. The zero-order valence-electron chi connectivity index (χ0n) is 8.79. The number of hydrogen-bond acceptors (Lipinski definition) is 2. The van der Waals surface area contributed by atoms with E-state index in [1.54, 1.807) is 6.92 Å². The molecule has 3 nitrogen and oxygen atoms in total. The van der Waals surface area contributed by atoms with E-state index in [1.165, 1.54) is 0 Å². The predicted molar refractivity (Wildman–Crippen MR) is 51.8 cm³/mol. The van der Waals surface area contributed by atoms with Crippen LogP contribution in [0.25, 0.3) is 0 Å². The predicted octanol–water partition coefficient (Wildman–Crippen LogP) is 1.55. The summed E-state index contributed by atoms with van der Waals surface area (Å²) in [7, 11) is 0. The second-order valence-electron chi connectivity index (χ2n) is 3.82. The Hall–Kier alpha value is -1.04. The molecule has 0 aliphatic rings. The van der Waals surface area contributed by atoms with E-state index in [9.17, 15) is 4.79 Å². The van der Waals surface area contributed by atoms with Gasteiger partial charge in [0, 0.05) is 6.54 Å². The van der Waals surface area contributed by atoms with E-state index in [0.29, 0.717) is 18.4 Å². The van der Waals surface area contributed by atoms with Crippen molar-refractivity contribution in [2.75, 3.05) is 6.54 Å². The summed E-state index contributed by atoms with van der Waals surface area (Å²) in [5.74, 6) is 0.293. The van der Waals surface area contributed by atoms with Crippen LogP contribution < -0.4 is 5.32 Å². The normalized spacial score (nSPS) is 14.8. The maximum absolute atomic E-state index is 11.2. The van der Waals surface area contributed by atoms with E-state index in [4.69, 9.17) is 5.26 Å². The van der Waals surface area contributed by atoms with Crippen LogP contribution >= 0.6 is 0 Å². The first-order chi connectivity index (χ1) is 5.99. The Labute approximate surface area is 80.1 Å². The number of carbonyl (C=O) groups excluding carboxylic acids is 1. The van der Waals surface area contributed by atoms with Crippen molar-refractivity contribution in [3.63, 3.8) is 0 Å². The number of rotatable bonds is 4. The quantitative estimate of drug-likeness (QED) is 0.717. The van der Waals surface area contributed by atoms with Crippen molar-refractivity contribution in [1.29, 1.82) is 5.26 Å². The smallest absolute Gasteiger partial charge is 0.237 e. The van der Waals surface area contributed by atoms with Gasteiger partial charge in [0.05, 0.1) is 6.07 Å². The molecule has 0 bridgehead atoms. The molecule has 0 aromatic carbocycles. The average molecular weight is 182 g/mol. The molecule has 0 aliphatic heterocycles. The van der Waals surface area contributed by atoms with Crippen LogP contribution in [0.3, 0.4) is 0 Å². The van der Waals surface area contributed by atoms with Crippen molar-refractivity contribution in [3.8, 4) is 6.07 Å². The SMILES string of the molecule is CC(C#N)C(=O)NCC(C)C(C)C. The van der Waals surface area contributed by atoms with Crippen LogP contribution in [-0.2, 0) is 4.79 Å². The summed E-state index contributed by atoms with van der Waals surface area (Å²) in [4.78, 5) is 11.2. The summed E-state index contributed by atoms with van der Waals surface area (Å²) in [5, 5.41) is 11.2. The fourth-order valence-electron chi connectivity index (χ4n) is 0.709. The van der Waals surface area contributed by atoms with Crippen molar-refractivity contribution >= 4 is 5.91 Å². The first-order valence-electron chi connectivity index (χ1n) is 4.66. The lowest BCUT2D eigenvalue weighted by molar-refractivity contribution is -0.123. The maximum Gasteiger partial charge on any atom is 0.237 e. The third-order valence-corrected chi connectivity index (χ3v) is 2.32. The highest BCUT2D eigenvalue weighted by molar-refractivity contribution is 5.80. The van der Waals surface area contributed by atoms with Gasteiger partial charge in [-0.05, 0) is 18.8 Å². The molecule has 0 aliphatic carbocycles. The highest BCUT2D eigenvalue weighted by Crippen LogP contribution is 2.07. The Morgan fingerprint density at radius 1 is 1.38 bits per heavy atom. The molecule has 13 heavy (non-hydrogen) atoms. The van der Waals surface area contributed by atoms with Crippen molar-refractivity contribution in [2.24, 2.45) is 17.8 Å². The van der Waals surface area contributed by atoms with Crippen LogP contribution in [0.5, 0.6) is 0 Å². The van der Waals surface area contributed by atoms with Crippen LogP contribution in [0, 0.1) is 29.1 Å². The Morgan fingerprint density at radius 3 is 2.31 bits per heavy atom. The van der Waals surface area contributed by atoms with Crippen LogP contribution in [0.1, 0.15) is 27.7 Å². The molecule has 0 saturated carbocycles. The molecular weight excluding hydrogens is 164 g/mol. The van der Waals surface area contributed by atoms with Gasteiger partial charge >= 0.3 is 0 Å². The topological polar surface area (TPSA) is 52.9 Å². The molecule has 0 aromatic rings.